The van der Waals surface area contributed by atoms with Crippen molar-refractivity contribution in [3.05, 3.63) is 53.6 Å². The van der Waals surface area contributed by atoms with Crippen LogP contribution in [0.3, 0.4) is 0 Å². The molecule has 3 aromatic rings. The third-order valence-electron chi connectivity index (χ3n) is 3.77. The lowest BCUT2D eigenvalue weighted by atomic mass is 9.91. The van der Waals surface area contributed by atoms with Crippen molar-refractivity contribution in [1.29, 1.82) is 0 Å². The van der Waals surface area contributed by atoms with Crippen LogP contribution in [0.1, 0.15) is 17.0 Å². The summed E-state index contributed by atoms with van der Waals surface area (Å²) in [4.78, 5) is 12.1. The van der Waals surface area contributed by atoms with E-state index in [0.717, 1.165) is 11.8 Å². The van der Waals surface area contributed by atoms with Gasteiger partial charge in [0.05, 0.1) is 23.0 Å². The van der Waals surface area contributed by atoms with Gasteiger partial charge < -0.3 is 5.11 Å². The first-order chi connectivity index (χ1) is 12.3. The van der Waals surface area contributed by atoms with Crippen LogP contribution < -0.4 is 4.72 Å². The lowest BCUT2D eigenvalue weighted by Crippen LogP contribution is -2.53. The van der Waals surface area contributed by atoms with Gasteiger partial charge in [0.1, 0.15) is 5.69 Å². The van der Waals surface area contributed by atoms with Gasteiger partial charge in [0, 0.05) is 6.42 Å². The van der Waals surface area contributed by atoms with Crippen LogP contribution in [0.4, 0.5) is 0 Å². The second-order valence-electron chi connectivity index (χ2n) is 5.62. The van der Waals surface area contributed by atoms with Crippen molar-refractivity contribution in [2.75, 3.05) is 0 Å². The summed E-state index contributed by atoms with van der Waals surface area (Å²) < 4.78 is 27.9. The molecule has 0 aliphatic rings. The van der Waals surface area contributed by atoms with Crippen LogP contribution in [0.2, 0.25) is 0 Å². The highest BCUT2D eigenvalue weighted by Crippen LogP contribution is 2.26. The molecule has 0 amide bonds. The number of sulfonamides is 1. The highest BCUT2D eigenvalue weighted by atomic mass is 32.2. The number of rotatable bonds is 7. The molecule has 136 valence electrons. The molecule has 0 radical (unpaired) electrons. The van der Waals surface area contributed by atoms with Crippen LogP contribution in [0.15, 0.2) is 41.6 Å². The van der Waals surface area contributed by atoms with Gasteiger partial charge in [0.25, 0.3) is 0 Å². The predicted octanol–water partition coefficient (Wildman–Crippen LogP) is -0.268. The fourth-order valence-corrected chi connectivity index (χ4v) is 3.74. The van der Waals surface area contributed by atoms with Crippen LogP contribution in [0.5, 0.6) is 0 Å². The highest BCUT2D eigenvalue weighted by Gasteiger charge is 2.47. The molecule has 0 saturated heterocycles. The fourth-order valence-electron chi connectivity index (χ4n) is 2.40. The SMILES string of the molecule is Cc1ccc(S(=O)(=O)NC(Cc2cn[nH]n2)(C(=O)O)c2cn[nH]n2)cc1. The zero-order valence-corrected chi connectivity index (χ0v) is 14.4. The molecule has 4 N–H and O–H groups in total. The van der Waals surface area contributed by atoms with Crippen molar-refractivity contribution >= 4 is 16.0 Å². The molecule has 0 spiro atoms. The molecule has 2 heterocycles. The van der Waals surface area contributed by atoms with E-state index in [1.165, 1.54) is 18.3 Å². The Balaban J connectivity index is 2.08. The monoisotopic (exact) mass is 377 g/mol. The van der Waals surface area contributed by atoms with Gasteiger partial charge in [0.2, 0.25) is 10.0 Å². The molecular formula is C14H15N7O4S. The highest BCUT2D eigenvalue weighted by molar-refractivity contribution is 7.89. The molecule has 0 saturated carbocycles. The number of nitrogens with one attached hydrogen (secondary N) is 3. The maximum absolute atomic E-state index is 12.8. The molecule has 0 aliphatic heterocycles. The lowest BCUT2D eigenvalue weighted by molar-refractivity contribution is -0.144. The molecule has 3 rings (SSSR count). The number of aliphatic carboxylic acids is 1. The summed E-state index contributed by atoms with van der Waals surface area (Å²) in [5.41, 5.74) is -1.12. The number of hydrogen-bond donors (Lipinski definition) is 4. The maximum Gasteiger partial charge on any atom is 0.331 e. The Morgan fingerprint density at radius 3 is 2.35 bits per heavy atom. The Labute approximate surface area is 147 Å². The van der Waals surface area contributed by atoms with Crippen LogP contribution in [0, 0.1) is 6.92 Å². The first-order valence-electron chi connectivity index (χ1n) is 7.38. The summed E-state index contributed by atoms with van der Waals surface area (Å²) in [5, 5.41) is 29.4. The van der Waals surface area contributed by atoms with Gasteiger partial charge in [-0.1, -0.05) is 17.7 Å². The number of benzene rings is 1. The summed E-state index contributed by atoms with van der Waals surface area (Å²) >= 11 is 0. The van der Waals surface area contributed by atoms with E-state index < -0.39 is 21.5 Å². The first-order valence-corrected chi connectivity index (χ1v) is 8.87. The number of aromatic nitrogens is 6. The van der Waals surface area contributed by atoms with Crippen molar-refractivity contribution in [3.8, 4) is 0 Å². The Kier molecular flexibility index (Phi) is 4.52. The maximum atomic E-state index is 12.8. The molecule has 1 unspecified atom stereocenters. The number of nitrogens with zero attached hydrogens (tertiary/aromatic N) is 4. The third kappa shape index (κ3) is 3.32. The standard InChI is InChI=1S/C14H15N7O4S/c1-9-2-4-11(5-3-9)26(24,25)19-14(13(22)23,12-8-16-21-18-12)6-10-7-15-20-17-10/h2-5,7-8,19H,6H2,1H3,(H,22,23)(H,15,17,20)(H,16,18,21). The molecule has 2 aromatic heterocycles. The van der Waals surface area contributed by atoms with Crippen molar-refractivity contribution in [3.63, 3.8) is 0 Å². The number of aromatic amines is 2. The molecule has 11 nitrogen and oxygen atoms in total. The normalized spacial score (nSPS) is 14.0. The molecule has 0 aliphatic carbocycles. The van der Waals surface area contributed by atoms with E-state index in [1.807, 2.05) is 6.92 Å². The average molecular weight is 377 g/mol. The summed E-state index contributed by atoms with van der Waals surface area (Å²) in [6.07, 6.45) is 2.13. The Morgan fingerprint density at radius 1 is 1.15 bits per heavy atom. The third-order valence-corrected chi connectivity index (χ3v) is 5.28. The van der Waals surface area contributed by atoms with Crippen molar-refractivity contribution in [2.45, 2.75) is 23.8 Å². The minimum atomic E-state index is -4.18. The molecule has 1 atom stereocenters. The van der Waals surface area contributed by atoms with E-state index in [9.17, 15) is 18.3 Å². The zero-order valence-electron chi connectivity index (χ0n) is 13.5. The topological polar surface area (TPSA) is 167 Å². The first kappa shape index (κ1) is 17.7. The largest absolute Gasteiger partial charge is 0.480 e. The quantitative estimate of drug-likeness (QED) is 0.436. The second-order valence-corrected chi connectivity index (χ2v) is 7.30. The average Bonchev–Trinajstić information content (AvgIpc) is 3.28. The summed E-state index contributed by atoms with van der Waals surface area (Å²) in [7, 11) is -4.18. The van der Waals surface area contributed by atoms with E-state index in [4.69, 9.17) is 0 Å². The summed E-state index contributed by atoms with van der Waals surface area (Å²) in [5.74, 6) is -1.45. The molecule has 0 bridgehead atoms. The van der Waals surface area contributed by atoms with Crippen LogP contribution >= 0.6 is 0 Å². The van der Waals surface area contributed by atoms with E-state index in [0.29, 0.717) is 0 Å². The van der Waals surface area contributed by atoms with Gasteiger partial charge in [-0.15, -0.1) is 0 Å². The van der Waals surface area contributed by atoms with Crippen molar-refractivity contribution in [1.82, 2.24) is 35.5 Å². The Morgan fingerprint density at radius 2 is 1.81 bits per heavy atom. The van der Waals surface area contributed by atoms with Gasteiger partial charge in [0.15, 0.2) is 5.54 Å². The second kappa shape index (κ2) is 6.65. The fraction of sp³-hybridized carbons (Fsp3) is 0.214. The van der Waals surface area contributed by atoms with Gasteiger partial charge in [-0.25, -0.2) is 13.2 Å². The molecule has 26 heavy (non-hydrogen) atoms. The number of carboxylic acid groups (broad SMARTS) is 1. The summed E-state index contributed by atoms with van der Waals surface area (Å²) in [6, 6.07) is 6.02. The lowest BCUT2D eigenvalue weighted by Gasteiger charge is -2.27. The molecule has 0 fully saturated rings. The Bertz CT molecular complexity index is 985. The smallest absolute Gasteiger partial charge is 0.331 e. The number of carbonyl (C=O) groups is 1. The molecule has 12 heteroatoms. The molecule has 1 aromatic carbocycles. The van der Waals surface area contributed by atoms with Gasteiger partial charge in [-0.3, -0.25) is 0 Å². The van der Waals surface area contributed by atoms with E-state index in [2.05, 4.69) is 35.5 Å². The number of H-pyrrole nitrogens is 2. The van der Waals surface area contributed by atoms with Crippen molar-refractivity contribution < 1.29 is 18.3 Å². The van der Waals surface area contributed by atoms with Crippen LogP contribution in [-0.2, 0) is 26.8 Å². The minimum absolute atomic E-state index is 0.0719. The van der Waals surface area contributed by atoms with Gasteiger partial charge in [-0.05, 0) is 19.1 Å². The Hall–Kier alpha value is -3.12. The van der Waals surface area contributed by atoms with Gasteiger partial charge >= 0.3 is 5.97 Å². The predicted molar refractivity (Wildman–Crippen MR) is 87.3 cm³/mol. The van der Waals surface area contributed by atoms with E-state index >= 15 is 0 Å². The zero-order chi connectivity index (χ0) is 18.8. The van der Waals surface area contributed by atoms with Crippen molar-refractivity contribution in [2.24, 2.45) is 0 Å². The number of aryl methyl sites for hydroxylation is 1. The number of carboxylic acids is 1. The van der Waals surface area contributed by atoms with Crippen LogP contribution in [0.25, 0.3) is 0 Å². The number of hydrogen-bond acceptors (Lipinski definition) is 7. The van der Waals surface area contributed by atoms with E-state index in [-0.39, 0.29) is 22.7 Å². The molecular weight excluding hydrogens is 362 g/mol. The van der Waals surface area contributed by atoms with Crippen LogP contribution in [-0.4, -0.2) is 50.3 Å². The van der Waals surface area contributed by atoms with Gasteiger partial charge in [-0.2, -0.15) is 35.5 Å². The minimum Gasteiger partial charge on any atom is -0.480 e. The summed E-state index contributed by atoms with van der Waals surface area (Å²) in [6.45, 7) is 1.81. The van der Waals surface area contributed by atoms with E-state index in [1.54, 1.807) is 12.1 Å².